The number of benzene rings is 1. The van der Waals surface area contributed by atoms with Crippen molar-refractivity contribution >= 4 is 22.6 Å². The zero-order valence-corrected chi connectivity index (χ0v) is 18.0. The first-order chi connectivity index (χ1) is 15.2. The molecule has 1 aliphatic rings. The largest absolute Gasteiger partial charge is 0.418 e. The Morgan fingerprint density at radius 1 is 1.12 bits per heavy atom. The molecule has 2 aromatic heterocycles. The minimum atomic E-state index is -4.51. The molecule has 4 rings (SSSR count). The fourth-order valence-electron chi connectivity index (χ4n) is 4.03. The third-order valence-electron chi connectivity index (χ3n) is 5.66. The second kappa shape index (κ2) is 8.87. The third kappa shape index (κ3) is 4.91. The minimum Gasteiger partial charge on any atom is -0.324 e. The van der Waals surface area contributed by atoms with E-state index in [0.717, 1.165) is 48.0 Å². The Hall–Kier alpha value is -2.98. The van der Waals surface area contributed by atoms with Crippen molar-refractivity contribution in [3.05, 3.63) is 53.3 Å². The lowest BCUT2D eigenvalue weighted by Gasteiger charge is -2.34. The number of anilines is 1. The van der Waals surface area contributed by atoms with Crippen molar-refractivity contribution in [2.24, 2.45) is 7.05 Å². The van der Waals surface area contributed by atoms with Gasteiger partial charge in [-0.05, 0) is 30.7 Å². The molecule has 0 unspecified atom stereocenters. The Balaban J connectivity index is 1.30. The SMILES string of the molecule is Cc1nn(C)c2ncc(CN3CCN(CC(=O)Nc4ccccc4C(F)(F)F)CC3)cc12. The zero-order valence-electron chi connectivity index (χ0n) is 18.0. The topological polar surface area (TPSA) is 66.3 Å². The van der Waals surface area contributed by atoms with Gasteiger partial charge in [0.05, 0.1) is 23.5 Å². The van der Waals surface area contributed by atoms with Crippen molar-refractivity contribution < 1.29 is 18.0 Å². The first-order valence-electron chi connectivity index (χ1n) is 10.4. The molecule has 3 heterocycles. The lowest BCUT2D eigenvalue weighted by Crippen LogP contribution is -2.48. The number of amides is 1. The molecular formula is C22H25F3N6O. The summed E-state index contributed by atoms with van der Waals surface area (Å²) in [6, 6.07) is 7.13. The highest BCUT2D eigenvalue weighted by molar-refractivity contribution is 5.93. The van der Waals surface area contributed by atoms with Crippen LogP contribution in [-0.4, -0.2) is 63.2 Å². The number of carbonyl (C=O) groups is 1. The molecule has 1 saturated heterocycles. The molecule has 0 bridgehead atoms. The molecule has 1 aliphatic heterocycles. The summed E-state index contributed by atoms with van der Waals surface area (Å²) >= 11 is 0. The summed E-state index contributed by atoms with van der Waals surface area (Å²) in [5.41, 5.74) is 1.85. The van der Waals surface area contributed by atoms with E-state index in [0.29, 0.717) is 13.1 Å². The standard InChI is InChI=1S/C22H25F3N6O/c1-15-17-11-16(12-26-21(17)29(2)28-15)13-30-7-9-31(10-8-30)14-20(32)27-19-6-4-3-5-18(19)22(23,24)25/h3-6,11-12H,7-10,13-14H2,1-2H3,(H,27,32). The summed E-state index contributed by atoms with van der Waals surface area (Å²) in [7, 11) is 1.87. The smallest absolute Gasteiger partial charge is 0.324 e. The number of fused-ring (bicyclic) bond motifs is 1. The van der Waals surface area contributed by atoms with Crippen LogP contribution in [0.3, 0.4) is 0 Å². The van der Waals surface area contributed by atoms with Crippen LogP contribution in [0.2, 0.25) is 0 Å². The first-order valence-corrected chi connectivity index (χ1v) is 10.4. The molecule has 0 atom stereocenters. The fraction of sp³-hybridized carbons (Fsp3) is 0.409. The molecule has 1 aromatic carbocycles. The summed E-state index contributed by atoms with van der Waals surface area (Å²) < 4.78 is 41.1. The van der Waals surface area contributed by atoms with Crippen LogP contribution in [0, 0.1) is 6.92 Å². The van der Waals surface area contributed by atoms with E-state index in [1.165, 1.54) is 18.2 Å². The van der Waals surface area contributed by atoms with Crippen molar-refractivity contribution in [3.8, 4) is 0 Å². The van der Waals surface area contributed by atoms with Gasteiger partial charge in [0.2, 0.25) is 5.91 Å². The van der Waals surface area contributed by atoms with Gasteiger partial charge in [-0.2, -0.15) is 18.3 Å². The van der Waals surface area contributed by atoms with E-state index in [4.69, 9.17) is 0 Å². The summed E-state index contributed by atoms with van der Waals surface area (Å²) in [6.45, 7) is 5.61. The highest BCUT2D eigenvalue weighted by Crippen LogP contribution is 2.34. The molecule has 0 radical (unpaired) electrons. The average Bonchev–Trinajstić information content (AvgIpc) is 3.02. The van der Waals surface area contributed by atoms with Crippen molar-refractivity contribution in [1.82, 2.24) is 24.6 Å². The predicted octanol–water partition coefficient (Wildman–Crippen LogP) is 3.05. The van der Waals surface area contributed by atoms with Crippen molar-refractivity contribution in [3.63, 3.8) is 0 Å². The summed E-state index contributed by atoms with van der Waals surface area (Å²) in [5, 5.41) is 7.85. The average molecular weight is 446 g/mol. The van der Waals surface area contributed by atoms with Gasteiger partial charge in [-0.1, -0.05) is 12.1 Å². The molecule has 1 N–H and O–H groups in total. The van der Waals surface area contributed by atoms with Crippen LogP contribution in [0.15, 0.2) is 36.5 Å². The number of nitrogens with zero attached hydrogens (tertiary/aromatic N) is 5. The van der Waals surface area contributed by atoms with Gasteiger partial charge in [-0.15, -0.1) is 0 Å². The number of para-hydroxylation sites is 1. The number of halogens is 3. The van der Waals surface area contributed by atoms with Crippen LogP contribution in [0.4, 0.5) is 18.9 Å². The Morgan fingerprint density at radius 2 is 1.81 bits per heavy atom. The van der Waals surface area contributed by atoms with Crippen LogP contribution < -0.4 is 5.32 Å². The number of aryl methyl sites for hydroxylation is 2. The van der Waals surface area contributed by atoms with Gasteiger partial charge in [-0.25, -0.2) is 4.98 Å². The number of pyridine rings is 1. The maximum absolute atomic E-state index is 13.1. The number of piperazine rings is 1. The maximum Gasteiger partial charge on any atom is 0.418 e. The normalized spacial score (nSPS) is 15.9. The third-order valence-corrected chi connectivity index (χ3v) is 5.66. The Labute approximate surface area is 183 Å². The van der Waals surface area contributed by atoms with E-state index >= 15 is 0 Å². The zero-order chi connectivity index (χ0) is 22.9. The second-order valence-electron chi connectivity index (χ2n) is 8.07. The van der Waals surface area contributed by atoms with Gasteiger partial charge < -0.3 is 5.32 Å². The number of aromatic nitrogens is 3. The van der Waals surface area contributed by atoms with Crippen molar-refractivity contribution in [1.29, 1.82) is 0 Å². The summed E-state index contributed by atoms with van der Waals surface area (Å²) in [6.07, 6.45) is -2.65. The van der Waals surface area contributed by atoms with Gasteiger partial charge in [0.25, 0.3) is 0 Å². The van der Waals surface area contributed by atoms with E-state index in [9.17, 15) is 18.0 Å². The van der Waals surface area contributed by atoms with Gasteiger partial charge in [0.15, 0.2) is 5.65 Å². The molecule has 0 spiro atoms. The molecule has 10 heteroatoms. The van der Waals surface area contributed by atoms with E-state index in [1.54, 1.807) is 4.68 Å². The molecule has 170 valence electrons. The number of carbonyl (C=O) groups excluding carboxylic acids is 1. The van der Waals surface area contributed by atoms with Crippen LogP contribution >= 0.6 is 0 Å². The number of hydrogen-bond donors (Lipinski definition) is 1. The number of rotatable bonds is 5. The molecule has 0 aliphatic carbocycles. The lowest BCUT2D eigenvalue weighted by molar-refractivity contribution is -0.137. The van der Waals surface area contributed by atoms with Crippen LogP contribution in [0.25, 0.3) is 11.0 Å². The lowest BCUT2D eigenvalue weighted by atomic mass is 10.1. The molecule has 7 nitrogen and oxygen atoms in total. The highest BCUT2D eigenvalue weighted by atomic mass is 19.4. The van der Waals surface area contributed by atoms with Crippen LogP contribution in [-0.2, 0) is 24.6 Å². The maximum atomic E-state index is 13.1. The van der Waals surface area contributed by atoms with E-state index in [1.807, 2.05) is 25.1 Å². The fourth-order valence-corrected chi connectivity index (χ4v) is 4.03. The number of nitrogens with one attached hydrogen (secondary N) is 1. The van der Waals surface area contributed by atoms with Gasteiger partial charge in [-0.3, -0.25) is 19.3 Å². The van der Waals surface area contributed by atoms with Crippen molar-refractivity contribution in [2.75, 3.05) is 38.0 Å². The summed E-state index contributed by atoms with van der Waals surface area (Å²) in [4.78, 5) is 21.1. The second-order valence-corrected chi connectivity index (χ2v) is 8.07. The Kier molecular flexibility index (Phi) is 6.16. The molecule has 1 fully saturated rings. The van der Waals surface area contributed by atoms with E-state index in [-0.39, 0.29) is 12.2 Å². The Morgan fingerprint density at radius 3 is 2.53 bits per heavy atom. The van der Waals surface area contributed by atoms with E-state index in [2.05, 4.69) is 26.4 Å². The summed E-state index contributed by atoms with van der Waals surface area (Å²) in [5.74, 6) is -0.447. The highest BCUT2D eigenvalue weighted by Gasteiger charge is 2.33. The van der Waals surface area contributed by atoms with Gasteiger partial charge in [0, 0.05) is 51.4 Å². The predicted molar refractivity (Wildman–Crippen MR) is 115 cm³/mol. The van der Waals surface area contributed by atoms with Crippen LogP contribution in [0.1, 0.15) is 16.8 Å². The molecule has 0 saturated carbocycles. The van der Waals surface area contributed by atoms with Gasteiger partial charge >= 0.3 is 6.18 Å². The molecule has 3 aromatic rings. The number of alkyl halides is 3. The molecule has 32 heavy (non-hydrogen) atoms. The van der Waals surface area contributed by atoms with E-state index < -0.39 is 17.6 Å². The first kappa shape index (κ1) is 22.2. The minimum absolute atomic E-state index is 0.0580. The van der Waals surface area contributed by atoms with Crippen LogP contribution in [0.5, 0.6) is 0 Å². The molecule has 1 amide bonds. The quantitative estimate of drug-likeness (QED) is 0.653. The Bertz CT molecular complexity index is 1120. The van der Waals surface area contributed by atoms with Gasteiger partial charge in [0.1, 0.15) is 0 Å². The number of hydrogen-bond acceptors (Lipinski definition) is 5. The van der Waals surface area contributed by atoms with Crippen molar-refractivity contribution in [2.45, 2.75) is 19.6 Å². The monoisotopic (exact) mass is 446 g/mol. The molecular weight excluding hydrogens is 421 g/mol.